The first-order chi connectivity index (χ1) is 9.74. The molecular formula is C15H20N2O2S. The molecular weight excluding hydrogens is 272 g/mol. The summed E-state index contributed by atoms with van der Waals surface area (Å²) in [5, 5.41) is 10.4. The Kier molecular flexibility index (Phi) is 2.98. The van der Waals surface area contributed by atoms with Crippen molar-refractivity contribution in [1.29, 1.82) is 0 Å². The van der Waals surface area contributed by atoms with E-state index < -0.39 is 5.97 Å². The summed E-state index contributed by atoms with van der Waals surface area (Å²) in [6, 6.07) is 0.665. The Morgan fingerprint density at radius 3 is 2.95 bits per heavy atom. The van der Waals surface area contributed by atoms with Gasteiger partial charge in [0.2, 0.25) is 0 Å². The Labute approximate surface area is 122 Å². The van der Waals surface area contributed by atoms with Crippen LogP contribution in [0.4, 0.5) is 5.13 Å². The summed E-state index contributed by atoms with van der Waals surface area (Å²) < 4.78 is 0. The van der Waals surface area contributed by atoms with Gasteiger partial charge in [0.25, 0.3) is 0 Å². The molecule has 20 heavy (non-hydrogen) atoms. The third-order valence-corrected chi connectivity index (χ3v) is 6.43. The van der Waals surface area contributed by atoms with Gasteiger partial charge in [-0.25, -0.2) is 4.98 Å². The smallest absolute Gasteiger partial charge is 0.312 e. The summed E-state index contributed by atoms with van der Waals surface area (Å²) in [6.07, 6.45) is 8.28. The molecule has 3 aliphatic rings. The molecule has 1 saturated heterocycles. The van der Waals surface area contributed by atoms with Gasteiger partial charge in [0.1, 0.15) is 5.92 Å². The number of rotatable bonds is 2. The number of fused-ring (bicyclic) bond motifs is 2. The van der Waals surface area contributed by atoms with Gasteiger partial charge in [-0.1, -0.05) is 12.8 Å². The Morgan fingerprint density at radius 1 is 1.25 bits per heavy atom. The number of hydrogen-bond donors (Lipinski definition) is 1. The van der Waals surface area contributed by atoms with E-state index in [1.54, 1.807) is 11.3 Å². The Bertz CT molecular complexity index is 542. The van der Waals surface area contributed by atoms with Crippen LogP contribution in [0, 0.1) is 5.92 Å². The lowest BCUT2D eigenvalue weighted by molar-refractivity contribution is -0.138. The van der Waals surface area contributed by atoms with E-state index in [-0.39, 0.29) is 5.92 Å². The number of carboxylic acids is 1. The molecule has 2 heterocycles. The van der Waals surface area contributed by atoms with Crippen molar-refractivity contribution >= 4 is 22.4 Å². The molecule has 4 rings (SSSR count). The van der Waals surface area contributed by atoms with Crippen molar-refractivity contribution in [3.8, 4) is 0 Å². The number of aryl methyl sites for hydroxylation is 1. The minimum absolute atomic E-state index is 0.361. The van der Waals surface area contributed by atoms with E-state index in [2.05, 4.69) is 4.90 Å². The molecule has 1 saturated carbocycles. The third-order valence-electron chi connectivity index (χ3n) is 5.26. The van der Waals surface area contributed by atoms with Gasteiger partial charge in [-0.3, -0.25) is 4.79 Å². The maximum absolute atomic E-state index is 11.3. The van der Waals surface area contributed by atoms with Crippen LogP contribution in [0.15, 0.2) is 0 Å². The van der Waals surface area contributed by atoms with Crippen LogP contribution < -0.4 is 4.90 Å². The van der Waals surface area contributed by atoms with Gasteiger partial charge < -0.3 is 10.0 Å². The van der Waals surface area contributed by atoms with Crippen LogP contribution in [0.2, 0.25) is 0 Å². The van der Waals surface area contributed by atoms with E-state index in [1.807, 2.05) is 0 Å². The number of carbonyl (C=O) groups is 1. The number of nitrogens with zero attached hydrogens (tertiary/aromatic N) is 2. The second-order valence-electron chi connectivity index (χ2n) is 6.33. The summed E-state index contributed by atoms with van der Waals surface area (Å²) >= 11 is 1.75. The summed E-state index contributed by atoms with van der Waals surface area (Å²) in [6.45, 7) is 1.11. The third kappa shape index (κ3) is 1.86. The van der Waals surface area contributed by atoms with E-state index in [0.717, 1.165) is 36.1 Å². The Balaban J connectivity index is 1.61. The molecule has 0 bridgehead atoms. The maximum Gasteiger partial charge on any atom is 0.312 e. The molecule has 3 unspecified atom stereocenters. The van der Waals surface area contributed by atoms with Crippen molar-refractivity contribution in [2.24, 2.45) is 5.92 Å². The van der Waals surface area contributed by atoms with Gasteiger partial charge in [-0.15, -0.1) is 11.3 Å². The summed E-state index contributed by atoms with van der Waals surface area (Å²) in [5.41, 5.74) is 0.858. The summed E-state index contributed by atoms with van der Waals surface area (Å²) in [7, 11) is 0. The lowest BCUT2D eigenvalue weighted by Gasteiger charge is -2.31. The van der Waals surface area contributed by atoms with Gasteiger partial charge in [0, 0.05) is 17.5 Å². The highest BCUT2D eigenvalue weighted by Crippen LogP contribution is 2.44. The maximum atomic E-state index is 11.3. The first-order valence-corrected chi connectivity index (χ1v) is 8.54. The minimum atomic E-state index is -0.711. The van der Waals surface area contributed by atoms with Gasteiger partial charge in [-0.2, -0.15) is 0 Å². The SMILES string of the molecule is O=C(O)C1CCc2sc(N3CCC4CCCCC43)nc21. The van der Waals surface area contributed by atoms with Crippen LogP contribution in [0.3, 0.4) is 0 Å². The average Bonchev–Trinajstić information content (AvgIpc) is 3.10. The van der Waals surface area contributed by atoms with E-state index in [0.29, 0.717) is 6.04 Å². The molecule has 3 atom stereocenters. The molecule has 0 aromatic carbocycles. The molecule has 2 fully saturated rings. The molecule has 1 aromatic rings. The van der Waals surface area contributed by atoms with Gasteiger partial charge in [0.15, 0.2) is 5.13 Å². The largest absolute Gasteiger partial charge is 0.481 e. The average molecular weight is 292 g/mol. The molecule has 0 amide bonds. The van der Waals surface area contributed by atoms with E-state index in [4.69, 9.17) is 4.98 Å². The quantitative estimate of drug-likeness (QED) is 0.910. The predicted octanol–water partition coefficient (Wildman–Crippen LogP) is 3.03. The fourth-order valence-electron chi connectivity index (χ4n) is 4.22. The monoisotopic (exact) mass is 292 g/mol. The van der Waals surface area contributed by atoms with Gasteiger partial charge >= 0.3 is 5.97 Å². The van der Waals surface area contributed by atoms with Crippen molar-refractivity contribution in [2.45, 2.75) is 56.9 Å². The van der Waals surface area contributed by atoms with E-state index in [9.17, 15) is 9.90 Å². The highest BCUT2D eigenvalue weighted by Gasteiger charge is 2.39. The van der Waals surface area contributed by atoms with Crippen LogP contribution >= 0.6 is 11.3 Å². The molecule has 4 nitrogen and oxygen atoms in total. The predicted molar refractivity (Wildman–Crippen MR) is 78.5 cm³/mol. The van der Waals surface area contributed by atoms with Crippen LogP contribution in [-0.4, -0.2) is 28.6 Å². The molecule has 1 aromatic heterocycles. The zero-order valence-corrected chi connectivity index (χ0v) is 12.4. The molecule has 108 valence electrons. The molecule has 1 N–H and O–H groups in total. The number of aromatic nitrogens is 1. The fourth-order valence-corrected chi connectivity index (χ4v) is 5.44. The van der Waals surface area contributed by atoms with E-state index >= 15 is 0 Å². The van der Waals surface area contributed by atoms with Crippen LogP contribution in [0.25, 0.3) is 0 Å². The highest BCUT2D eigenvalue weighted by atomic mass is 32.1. The highest BCUT2D eigenvalue weighted by molar-refractivity contribution is 7.15. The van der Waals surface area contributed by atoms with Crippen molar-refractivity contribution in [1.82, 2.24) is 4.98 Å². The Morgan fingerprint density at radius 2 is 2.10 bits per heavy atom. The molecule has 1 aliphatic heterocycles. The number of anilines is 1. The topological polar surface area (TPSA) is 53.4 Å². The lowest BCUT2D eigenvalue weighted by Crippen LogP contribution is -2.34. The van der Waals surface area contributed by atoms with Crippen molar-refractivity contribution in [3.63, 3.8) is 0 Å². The van der Waals surface area contributed by atoms with E-state index in [1.165, 1.54) is 37.0 Å². The number of hydrogen-bond acceptors (Lipinski definition) is 4. The number of carboxylic acid groups (broad SMARTS) is 1. The first kappa shape index (κ1) is 12.6. The molecule has 5 heteroatoms. The zero-order chi connectivity index (χ0) is 13.7. The van der Waals surface area contributed by atoms with Gasteiger partial charge in [-0.05, 0) is 38.0 Å². The minimum Gasteiger partial charge on any atom is -0.481 e. The fraction of sp³-hybridized carbons (Fsp3) is 0.733. The normalized spacial score (nSPS) is 32.2. The van der Waals surface area contributed by atoms with Crippen molar-refractivity contribution < 1.29 is 9.90 Å². The lowest BCUT2D eigenvalue weighted by atomic mass is 9.85. The second kappa shape index (κ2) is 4.72. The second-order valence-corrected chi connectivity index (χ2v) is 7.39. The van der Waals surface area contributed by atoms with Crippen molar-refractivity contribution in [3.05, 3.63) is 10.6 Å². The van der Waals surface area contributed by atoms with Crippen LogP contribution in [-0.2, 0) is 11.2 Å². The standard InChI is InChI=1S/C15H20N2O2S/c18-14(19)10-5-6-12-13(10)16-15(20-12)17-8-7-9-3-1-2-4-11(9)17/h9-11H,1-8H2,(H,18,19). The van der Waals surface area contributed by atoms with Crippen LogP contribution in [0.5, 0.6) is 0 Å². The number of aliphatic carboxylic acids is 1. The summed E-state index contributed by atoms with van der Waals surface area (Å²) in [5.74, 6) is -0.227. The van der Waals surface area contributed by atoms with Crippen LogP contribution in [0.1, 0.15) is 55.0 Å². The first-order valence-electron chi connectivity index (χ1n) is 7.73. The van der Waals surface area contributed by atoms with Crippen molar-refractivity contribution in [2.75, 3.05) is 11.4 Å². The van der Waals surface area contributed by atoms with Gasteiger partial charge in [0.05, 0.1) is 5.69 Å². The Hall–Kier alpha value is -1.10. The summed E-state index contributed by atoms with van der Waals surface area (Å²) in [4.78, 5) is 19.7. The molecule has 2 aliphatic carbocycles. The number of thiazole rings is 1. The molecule has 0 radical (unpaired) electrons. The zero-order valence-electron chi connectivity index (χ0n) is 11.5. The molecule has 0 spiro atoms.